The average Bonchev–Trinajstić information content (AvgIpc) is 2.85. The first-order chi connectivity index (χ1) is 12.7. The van der Waals surface area contributed by atoms with Gasteiger partial charge in [0, 0.05) is 5.33 Å². The van der Waals surface area contributed by atoms with Crippen LogP contribution in [0.5, 0.6) is 5.75 Å². The van der Waals surface area contributed by atoms with Crippen molar-refractivity contribution in [1.82, 2.24) is 0 Å². The van der Waals surface area contributed by atoms with Crippen LogP contribution in [0.4, 0.5) is 0 Å². The number of phenolic OH excluding ortho intramolecular Hbond substituents is 1. The van der Waals surface area contributed by atoms with Crippen molar-refractivity contribution in [1.29, 1.82) is 0 Å². The van der Waals surface area contributed by atoms with Gasteiger partial charge in [-0.2, -0.15) is 0 Å². The normalized spacial score (nSPS) is 14.2. The quantitative estimate of drug-likeness (QED) is 0.351. The minimum atomic E-state index is 0.199. The molecule has 1 aliphatic carbocycles. The van der Waals surface area contributed by atoms with Gasteiger partial charge in [-0.3, -0.25) is 0 Å². The molecule has 0 amide bonds. The molecule has 26 heavy (non-hydrogen) atoms. The molecule has 0 unspecified atom stereocenters. The number of benzene rings is 2. The summed E-state index contributed by atoms with van der Waals surface area (Å²) in [6.45, 7) is 0. The molecule has 1 N–H and O–H groups in total. The molecule has 1 aliphatic rings. The number of halogens is 2. The van der Waals surface area contributed by atoms with Crippen molar-refractivity contribution in [3.8, 4) is 5.75 Å². The van der Waals surface area contributed by atoms with E-state index >= 15 is 0 Å². The second kappa shape index (κ2) is 9.62. The first kappa shape index (κ1) is 19.5. The van der Waals surface area contributed by atoms with E-state index in [0.717, 1.165) is 36.6 Å². The number of unbranched alkanes of at least 4 members (excludes halogenated alkanes) is 3. The molecule has 0 saturated carbocycles. The van der Waals surface area contributed by atoms with Crippen LogP contribution >= 0.6 is 27.5 Å². The summed E-state index contributed by atoms with van der Waals surface area (Å²) in [6.07, 6.45) is 9.06. The number of aromatic hydroxyl groups is 1. The molecule has 3 heteroatoms. The highest BCUT2D eigenvalue weighted by Gasteiger charge is 2.21. The molecule has 0 atom stereocenters. The van der Waals surface area contributed by atoms with E-state index in [0.29, 0.717) is 5.02 Å². The number of fused-ring (bicyclic) bond motifs is 1. The molecule has 0 spiro atoms. The van der Waals surface area contributed by atoms with Crippen LogP contribution in [0.25, 0.3) is 11.1 Å². The minimum Gasteiger partial charge on any atom is -0.506 e. The van der Waals surface area contributed by atoms with E-state index in [2.05, 4.69) is 52.3 Å². The van der Waals surface area contributed by atoms with Crippen LogP contribution in [-0.2, 0) is 6.42 Å². The van der Waals surface area contributed by atoms with Crippen LogP contribution in [-0.4, -0.2) is 10.4 Å². The van der Waals surface area contributed by atoms with Crippen molar-refractivity contribution >= 4 is 38.7 Å². The molecule has 0 radical (unpaired) electrons. The maximum Gasteiger partial charge on any atom is 0.134 e. The summed E-state index contributed by atoms with van der Waals surface area (Å²) in [5.74, 6) is 0.199. The SMILES string of the molecule is Oc1ccc2c(c1Cl)CCCC(c1ccccc1)=C2CCCCCCBr. The van der Waals surface area contributed by atoms with Gasteiger partial charge in [-0.15, -0.1) is 0 Å². The topological polar surface area (TPSA) is 20.2 Å². The maximum absolute atomic E-state index is 10.1. The Bertz CT molecular complexity index is 767. The highest BCUT2D eigenvalue weighted by molar-refractivity contribution is 9.09. The number of allylic oxidation sites excluding steroid dienone is 2. The van der Waals surface area contributed by atoms with Gasteiger partial charge in [-0.05, 0) is 72.4 Å². The first-order valence-corrected chi connectivity index (χ1v) is 11.1. The second-order valence-electron chi connectivity index (χ2n) is 6.95. The van der Waals surface area contributed by atoms with Gasteiger partial charge in [-0.25, -0.2) is 0 Å². The summed E-state index contributed by atoms with van der Waals surface area (Å²) in [5.41, 5.74) is 6.55. The standard InChI is InChI=1S/C23H26BrClO/c24-16-7-2-1-6-11-19-18(17-9-4-3-5-10-17)12-8-13-21-20(19)14-15-22(26)23(21)25/h3-5,9-10,14-15,26H,1-2,6-8,11-13,16H2. The van der Waals surface area contributed by atoms with Crippen molar-refractivity contribution in [2.24, 2.45) is 0 Å². The molecule has 1 nitrogen and oxygen atoms in total. The van der Waals surface area contributed by atoms with Crippen LogP contribution in [0.2, 0.25) is 5.02 Å². The van der Waals surface area contributed by atoms with Gasteiger partial charge < -0.3 is 5.11 Å². The molecule has 2 aromatic rings. The highest BCUT2D eigenvalue weighted by atomic mass is 79.9. The Morgan fingerprint density at radius 1 is 0.923 bits per heavy atom. The molecule has 0 heterocycles. The van der Waals surface area contributed by atoms with Crippen molar-refractivity contribution in [3.63, 3.8) is 0 Å². The van der Waals surface area contributed by atoms with Gasteiger partial charge in [0.2, 0.25) is 0 Å². The Morgan fingerprint density at radius 3 is 2.46 bits per heavy atom. The Balaban J connectivity index is 1.99. The fraction of sp³-hybridized carbons (Fsp3) is 0.391. The van der Waals surface area contributed by atoms with Crippen molar-refractivity contribution in [2.45, 2.75) is 51.4 Å². The molecule has 0 fully saturated rings. The lowest BCUT2D eigenvalue weighted by molar-refractivity contribution is 0.474. The Labute approximate surface area is 170 Å². The summed E-state index contributed by atoms with van der Waals surface area (Å²) in [4.78, 5) is 0. The molecule has 0 saturated heterocycles. The molecule has 2 aromatic carbocycles. The van der Waals surface area contributed by atoms with Crippen LogP contribution < -0.4 is 0 Å². The largest absolute Gasteiger partial charge is 0.506 e. The van der Waals surface area contributed by atoms with E-state index in [9.17, 15) is 5.11 Å². The summed E-state index contributed by atoms with van der Waals surface area (Å²) in [5, 5.41) is 11.7. The maximum atomic E-state index is 10.1. The zero-order valence-electron chi connectivity index (χ0n) is 15.1. The third-order valence-electron chi connectivity index (χ3n) is 5.20. The van der Waals surface area contributed by atoms with Gasteiger partial charge in [-0.1, -0.05) is 76.8 Å². The molecule has 3 rings (SSSR count). The highest BCUT2D eigenvalue weighted by Crippen LogP contribution is 2.42. The third-order valence-corrected chi connectivity index (χ3v) is 6.18. The Morgan fingerprint density at radius 2 is 1.69 bits per heavy atom. The van der Waals surface area contributed by atoms with Crippen LogP contribution in [0.1, 0.15) is 61.6 Å². The van der Waals surface area contributed by atoms with E-state index in [1.165, 1.54) is 48.0 Å². The molecule has 0 aromatic heterocycles. The summed E-state index contributed by atoms with van der Waals surface area (Å²) in [7, 11) is 0. The average molecular weight is 434 g/mol. The number of rotatable bonds is 7. The fourth-order valence-electron chi connectivity index (χ4n) is 3.88. The first-order valence-electron chi connectivity index (χ1n) is 9.56. The number of hydrogen-bond acceptors (Lipinski definition) is 1. The summed E-state index contributed by atoms with van der Waals surface area (Å²) < 4.78 is 0. The predicted molar refractivity (Wildman–Crippen MR) is 116 cm³/mol. The van der Waals surface area contributed by atoms with Gasteiger partial charge in [0.1, 0.15) is 5.75 Å². The Kier molecular flexibility index (Phi) is 7.22. The van der Waals surface area contributed by atoms with E-state index < -0.39 is 0 Å². The van der Waals surface area contributed by atoms with E-state index in [1.54, 1.807) is 6.07 Å². The van der Waals surface area contributed by atoms with Crippen LogP contribution in [0, 0.1) is 0 Å². The second-order valence-corrected chi connectivity index (χ2v) is 8.13. The lowest BCUT2D eigenvalue weighted by Crippen LogP contribution is -1.96. The summed E-state index contributed by atoms with van der Waals surface area (Å²) >= 11 is 9.98. The smallest absolute Gasteiger partial charge is 0.134 e. The van der Waals surface area contributed by atoms with E-state index in [4.69, 9.17) is 11.6 Å². The molecular weight excluding hydrogens is 408 g/mol. The van der Waals surface area contributed by atoms with Crippen LogP contribution in [0.3, 0.4) is 0 Å². The zero-order chi connectivity index (χ0) is 18.4. The van der Waals surface area contributed by atoms with E-state index in [-0.39, 0.29) is 5.75 Å². The van der Waals surface area contributed by atoms with Crippen molar-refractivity contribution < 1.29 is 5.11 Å². The van der Waals surface area contributed by atoms with Crippen molar-refractivity contribution in [2.75, 3.05) is 5.33 Å². The number of phenols is 1. The molecule has 0 aliphatic heterocycles. The number of alkyl halides is 1. The molecular formula is C23H26BrClO. The minimum absolute atomic E-state index is 0.199. The zero-order valence-corrected chi connectivity index (χ0v) is 17.5. The van der Waals surface area contributed by atoms with Gasteiger partial charge in [0.25, 0.3) is 0 Å². The lowest BCUT2D eigenvalue weighted by Gasteiger charge is -2.17. The Hall–Kier alpha value is -1.25. The third kappa shape index (κ3) is 4.53. The predicted octanol–water partition coefficient (Wildman–Crippen LogP) is 7.64. The van der Waals surface area contributed by atoms with Gasteiger partial charge >= 0.3 is 0 Å². The van der Waals surface area contributed by atoms with Gasteiger partial charge in [0.05, 0.1) is 5.02 Å². The molecule has 138 valence electrons. The fourth-order valence-corrected chi connectivity index (χ4v) is 4.54. The van der Waals surface area contributed by atoms with Crippen molar-refractivity contribution in [3.05, 3.63) is 64.2 Å². The summed E-state index contributed by atoms with van der Waals surface area (Å²) in [6, 6.07) is 14.6. The van der Waals surface area contributed by atoms with E-state index in [1.807, 2.05) is 0 Å². The monoisotopic (exact) mass is 432 g/mol. The molecule has 0 bridgehead atoms. The van der Waals surface area contributed by atoms with Crippen LogP contribution in [0.15, 0.2) is 42.5 Å². The lowest BCUT2D eigenvalue weighted by atomic mass is 9.89. The number of hydrogen-bond donors (Lipinski definition) is 1. The van der Waals surface area contributed by atoms with Gasteiger partial charge in [0.15, 0.2) is 0 Å².